The zero-order valence-corrected chi connectivity index (χ0v) is 19.6. The van der Waals surface area contributed by atoms with Crippen molar-refractivity contribution in [2.24, 2.45) is 0 Å². The number of carbonyl (C=O) groups excluding carboxylic acids is 1. The van der Waals surface area contributed by atoms with E-state index in [1.165, 1.54) is 0 Å². The van der Waals surface area contributed by atoms with Crippen LogP contribution in [0.1, 0.15) is 16.8 Å². The van der Waals surface area contributed by atoms with Gasteiger partial charge in [-0.1, -0.05) is 30.3 Å². The summed E-state index contributed by atoms with van der Waals surface area (Å²) >= 11 is 1.65. The van der Waals surface area contributed by atoms with E-state index in [9.17, 15) is 4.79 Å². The number of rotatable bonds is 5. The number of fused-ring (bicyclic) bond motifs is 1. The van der Waals surface area contributed by atoms with Gasteiger partial charge in [0.05, 0.1) is 30.8 Å². The Balaban J connectivity index is 1.27. The summed E-state index contributed by atoms with van der Waals surface area (Å²) in [5.41, 5.74) is 6.73. The number of benzene rings is 2. The van der Waals surface area contributed by atoms with Crippen LogP contribution in [0.5, 0.6) is 0 Å². The van der Waals surface area contributed by atoms with Gasteiger partial charge in [0, 0.05) is 40.8 Å². The molecule has 0 spiro atoms. The molecule has 1 fully saturated rings. The Morgan fingerprint density at radius 2 is 1.82 bits per heavy atom. The lowest BCUT2D eigenvalue weighted by Crippen LogP contribution is -2.36. The third-order valence-corrected chi connectivity index (χ3v) is 6.96. The van der Waals surface area contributed by atoms with Gasteiger partial charge in [0.2, 0.25) is 5.91 Å². The highest BCUT2D eigenvalue weighted by molar-refractivity contribution is 7.14. The predicted molar refractivity (Wildman–Crippen MR) is 134 cm³/mol. The number of hydrogen-bond donors (Lipinski definition) is 1. The zero-order chi connectivity index (χ0) is 22.8. The quantitative estimate of drug-likeness (QED) is 0.456. The summed E-state index contributed by atoms with van der Waals surface area (Å²) < 4.78 is 5.42. The molecule has 0 atom stereocenters. The molecule has 6 nitrogen and oxygen atoms in total. The van der Waals surface area contributed by atoms with Crippen LogP contribution in [0.3, 0.4) is 0 Å². The molecule has 1 amide bonds. The van der Waals surface area contributed by atoms with Crippen molar-refractivity contribution in [1.29, 1.82) is 0 Å². The van der Waals surface area contributed by atoms with Crippen LogP contribution in [-0.2, 0) is 16.0 Å². The van der Waals surface area contributed by atoms with E-state index < -0.39 is 0 Å². The van der Waals surface area contributed by atoms with Crippen molar-refractivity contribution in [1.82, 2.24) is 9.97 Å². The molecular weight excluding hydrogens is 432 g/mol. The highest BCUT2D eigenvalue weighted by Crippen LogP contribution is 2.29. The van der Waals surface area contributed by atoms with E-state index in [1.807, 2.05) is 49.4 Å². The minimum atomic E-state index is -0.0470. The van der Waals surface area contributed by atoms with Crippen molar-refractivity contribution in [2.45, 2.75) is 20.3 Å². The molecule has 0 radical (unpaired) electrons. The number of hydrogen-bond acceptors (Lipinski definition) is 6. The maximum Gasteiger partial charge on any atom is 0.228 e. The molecule has 168 valence electrons. The smallest absolute Gasteiger partial charge is 0.228 e. The van der Waals surface area contributed by atoms with Gasteiger partial charge in [0.15, 0.2) is 5.13 Å². The second kappa shape index (κ2) is 9.29. The number of aryl methyl sites for hydroxylation is 2. The molecule has 2 aromatic carbocycles. The van der Waals surface area contributed by atoms with Gasteiger partial charge in [-0.3, -0.25) is 9.78 Å². The molecule has 0 saturated carbocycles. The molecule has 1 aliphatic heterocycles. The SMILES string of the molecule is Cc1nc2ccccc2c(C)c1CC(=O)Nc1ccc(-c2csc(N3CCOCC3)n2)cc1. The summed E-state index contributed by atoms with van der Waals surface area (Å²) in [4.78, 5) is 24.5. The number of carbonyl (C=O) groups is 1. The summed E-state index contributed by atoms with van der Waals surface area (Å²) in [5, 5.41) is 7.22. The molecule has 0 unspecified atom stereocenters. The summed E-state index contributed by atoms with van der Waals surface area (Å²) in [6.45, 7) is 7.28. The number of nitrogens with one attached hydrogen (secondary N) is 1. The van der Waals surface area contributed by atoms with Crippen LogP contribution in [0.2, 0.25) is 0 Å². The number of morpholine rings is 1. The van der Waals surface area contributed by atoms with Gasteiger partial charge in [-0.15, -0.1) is 11.3 Å². The molecular formula is C26H26N4O2S. The summed E-state index contributed by atoms with van der Waals surface area (Å²) in [5.74, 6) is -0.0470. The standard InChI is InChI=1S/C26H26N4O2S/c1-17-21-5-3-4-6-23(21)27-18(2)22(17)15-25(31)28-20-9-7-19(8-10-20)24-16-33-26(29-24)30-11-13-32-14-12-30/h3-10,16H,11-15H2,1-2H3,(H,28,31). The first-order chi connectivity index (χ1) is 16.1. The maximum absolute atomic E-state index is 12.8. The van der Waals surface area contributed by atoms with Gasteiger partial charge in [0.1, 0.15) is 0 Å². The number of thiazole rings is 1. The molecule has 0 aliphatic carbocycles. The molecule has 33 heavy (non-hydrogen) atoms. The normalized spacial score (nSPS) is 13.9. The Morgan fingerprint density at radius 1 is 1.06 bits per heavy atom. The van der Waals surface area contributed by atoms with E-state index in [1.54, 1.807) is 11.3 Å². The summed E-state index contributed by atoms with van der Waals surface area (Å²) in [6.07, 6.45) is 0.298. The first kappa shape index (κ1) is 21.6. The molecule has 1 N–H and O–H groups in total. The van der Waals surface area contributed by atoms with E-state index in [0.29, 0.717) is 6.42 Å². The molecule has 5 rings (SSSR count). The fourth-order valence-electron chi connectivity index (χ4n) is 4.22. The topological polar surface area (TPSA) is 67.4 Å². The van der Waals surface area contributed by atoms with Crippen LogP contribution in [0, 0.1) is 13.8 Å². The minimum absolute atomic E-state index is 0.0470. The number of anilines is 2. The lowest BCUT2D eigenvalue weighted by molar-refractivity contribution is -0.115. The fourth-order valence-corrected chi connectivity index (χ4v) is 5.11. The lowest BCUT2D eigenvalue weighted by Gasteiger charge is -2.26. The van der Waals surface area contributed by atoms with Crippen LogP contribution >= 0.6 is 11.3 Å². The van der Waals surface area contributed by atoms with Crippen molar-refractivity contribution >= 4 is 39.0 Å². The Labute approximate surface area is 197 Å². The Morgan fingerprint density at radius 3 is 2.61 bits per heavy atom. The van der Waals surface area contributed by atoms with Crippen LogP contribution in [0.4, 0.5) is 10.8 Å². The first-order valence-corrected chi connectivity index (χ1v) is 12.0. The van der Waals surface area contributed by atoms with Gasteiger partial charge >= 0.3 is 0 Å². The van der Waals surface area contributed by atoms with E-state index in [0.717, 1.165) is 76.1 Å². The summed E-state index contributed by atoms with van der Waals surface area (Å²) in [6, 6.07) is 15.9. The Bertz CT molecular complexity index is 1290. The molecule has 0 bridgehead atoms. The molecule has 1 aliphatic rings. The van der Waals surface area contributed by atoms with Gasteiger partial charge in [-0.2, -0.15) is 0 Å². The summed E-state index contributed by atoms with van der Waals surface area (Å²) in [7, 11) is 0. The third kappa shape index (κ3) is 4.60. The molecule has 4 aromatic rings. The van der Waals surface area contributed by atoms with E-state index in [-0.39, 0.29) is 5.91 Å². The molecule has 3 heterocycles. The Hall–Kier alpha value is -3.29. The second-order valence-corrected chi connectivity index (χ2v) is 9.07. The first-order valence-electron chi connectivity index (χ1n) is 11.1. The molecule has 7 heteroatoms. The van der Waals surface area contributed by atoms with Crippen molar-refractivity contribution < 1.29 is 9.53 Å². The number of nitrogens with zero attached hydrogens (tertiary/aromatic N) is 3. The number of pyridine rings is 1. The number of ether oxygens (including phenoxy) is 1. The largest absolute Gasteiger partial charge is 0.378 e. The predicted octanol–water partition coefficient (Wildman–Crippen LogP) is 4.99. The monoisotopic (exact) mass is 458 g/mol. The lowest BCUT2D eigenvalue weighted by atomic mass is 9.99. The average Bonchev–Trinajstić information content (AvgIpc) is 3.33. The van der Waals surface area contributed by atoms with Gasteiger partial charge in [-0.05, 0) is 43.2 Å². The number of aromatic nitrogens is 2. The van der Waals surface area contributed by atoms with E-state index in [4.69, 9.17) is 9.72 Å². The van der Waals surface area contributed by atoms with Crippen molar-refractivity contribution in [2.75, 3.05) is 36.5 Å². The average molecular weight is 459 g/mol. The third-order valence-electron chi connectivity index (χ3n) is 6.06. The molecule has 1 saturated heterocycles. The highest BCUT2D eigenvalue weighted by Gasteiger charge is 2.16. The zero-order valence-electron chi connectivity index (χ0n) is 18.8. The number of amides is 1. The van der Waals surface area contributed by atoms with Gasteiger partial charge < -0.3 is 15.0 Å². The van der Waals surface area contributed by atoms with Gasteiger partial charge in [0.25, 0.3) is 0 Å². The second-order valence-electron chi connectivity index (χ2n) is 8.23. The number of para-hydroxylation sites is 1. The van der Waals surface area contributed by atoms with Crippen molar-refractivity contribution in [3.05, 3.63) is 70.7 Å². The van der Waals surface area contributed by atoms with Crippen LogP contribution in [-0.4, -0.2) is 42.2 Å². The highest BCUT2D eigenvalue weighted by atomic mass is 32.1. The van der Waals surface area contributed by atoms with Crippen molar-refractivity contribution in [3.8, 4) is 11.3 Å². The minimum Gasteiger partial charge on any atom is -0.378 e. The van der Waals surface area contributed by atoms with Crippen LogP contribution in [0.15, 0.2) is 53.9 Å². The fraction of sp³-hybridized carbons (Fsp3) is 0.269. The van der Waals surface area contributed by atoms with Crippen LogP contribution in [0.25, 0.3) is 22.2 Å². The maximum atomic E-state index is 12.8. The van der Waals surface area contributed by atoms with Gasteiger partial charge in [-0.25, -0.2) is 4.98 Å². The van der Waals surface area contributed by atoms with E-state index >= 15 is 0 Å². The Kier molecular flexibility index (Phi) is 6.07. The van der Waals surface area contributed by atoms with Crippen LogP contribution < -0.4 is 10.2 Å². The molecule has 2 aromatic heterocycles. The van der Waals surface area contributed by atoms with E-state index in [2.05, 4.69) is 33.6 Å². The van der Waals surface area contributed by atoms with Crippen molar-refractivity contribution in [3.63, 3.8) is 0 Å².